The van der Waals surface area contributed by atoms with E-state index in [2.05, 4.69) is 12.1 Å². The molecule has 4 aromatic rings. The highest BCUT2D eigenvalue weighted by atomic mass is 16.1. The van der Waals surface area contributed by atoms with E-state index in [9.17, 15) is 4.79 Å². The summed E-state index contributed by atoms with van der Waals surface area (Å²) in [7, 11) is 0. The van der Waals surface area contributed by atoms with Crippen molar-refractivity contribution in [2.24, 2.45) is 0 Å². The standard InChI is InChI=1S/C19H12O/c20-19-16-11-5-9-14-8-4-10-15(18(14)16)17(19)12-13-6-2-1-3-7-13/h1-12H. The first-order chi connectivity index (χ1) is 9.84. The molecule has 0 N–H and O–H groups in total. The summed E-state index contributed by atoms with van der Waals surface area (Å²) in [6, 6.07) is 22.0. The van der Waals surface area contributed by atoms with Gasteiger partial charge in [0, 0.05) is 16.0 Å². The Bertz CT molecular complexity index is 995. The van der Waals surface area contributed by atoms with E-state index < -0.39 is 0 Å². The summed E-state index contributed by atoms with van der Waals surface area (Å²) in [5.74, 6) is 0. The molecule has 0 spiro atoms. The van der Waals surface area contributed by atoms with Gasteiger partial charge in [0.2, 0.25) is 0 Å². The lowest BCUT2D eigenvalue weighted by Gasteiger charge is -1.96. The van der Waals surface area contributed by atoms with E-state index in [1.165, 1.54) is 0 Å². The van der Waals surface area contributed by atoms with Gasteiger partial charge in [-0.25, -0.2) is 0 Å². The van der Waals surface area contributed by atoms with Crippen LogP contribution in [-0.2, 0) is 0 Å². The summed E-state index contributed by atoms with van der Waals surface area (Å²) in [5, 5.41) is 4.88. The van der Waals surface area contributed by atoms with Crippen molar-refractivity contribution in [3.8, 4) is 0 Å². The van der Waals surface area contributed by atoms with E-state index in [-0.39, 0.29) is 5.43 Å². The Hall–Kier alpha value is -2.67. The third kappa shape index (κ3) is 1.53. The summed E-state index contributed by atoms with van der Waals surface area (Å²) in [6.07, 6.45) is 1.98. The van der Waals surface area contributed by atoms with Crippen molar-refractivity contribution in [2.45, 2.75) is 0 Å². The molecule has 0 fully saturated rings. The van der Waals surface area contributed by atoms with Gasteiger partial charge in [-0.15, -0.1) is 0 Å². The van der Waals surface area contributed by atoms with E-state index in [0.717, 1.165) is 32.3 Å². The molecule has 0 aromatic heterocycles. The maximum absolute atomic E-state index is 12.6. The van der Waals surface area contributed by atoms with Gasteiger partial charge >= 0.3 is 0 Å². The second-order valence-electron chi connectivity index (χ2n) is 5.01. The fourth-order valence-corrected chi connectivity index (χ4v) is 2.88. The molecule has 0 aliphatic carbocycles. The Morgan fingerprint density at radius 2 is 1.40 bits per heavy atom. The van der Waals surface area contributed by atoms with Crippen LogP contribution in [0, 0.1) is 0 Å². The molecular weight excluding hydrogens is 244 g/mol. The van der Waals surface area contributed by atoms with Crippen molar-refractivity contribution in [1.82, 2.24) is 0 Å². The molecule has 0 saturated carbocycles. The first-order valence-corrected chi connectivity index (χ1v) is 6.68. The molecule has 0 unspecified atom stereocenters. The second kappa shape index (κ2) is 4.17. The second-order valence-corrected chi connectivity index (χ2v) is 5.01. The predicted molar refractivity (Wildman–Crippen MR) is 84.1 cm³/mol. The topological polar surface area (TPSA) is 17.1 Å². The van der Waals surface area contributed by atoms with E-state index in [1.54, 1.807) is 0 Å². The van der Waals surface area contributed by atoms with E-state index in [0.29, 0.717) is 0 Å². The van der Waals surface area contributed by atoms with Crippen LogP contribution in [0.4, 0.5) is 0 Å². The van der Waals surface area contributed by atoms with Gasteiger partial charge in [0.15, 0.2) is 5.43 Å². The zero-order valence-corrected chi connectivity index (χ0v) is 10.8. The zero-order valence-electron chi connectivity index (χ0n) is 10.8. The third-order valence-electron chi connectivity index (χ3n) is 3.79. The molecule has 4 rings (SSSR count). The lowest BCUT2D eigenvalue weighted by atomic mass is 10.1. The van der Waals surface area contributed by atoms with Gasteiger partial charge < -0.3 is 0 Å². The molecule has 0 aliphatic heterocycles. The van der Waals surface area contributed by atoms with Crippen LogP contribution in [0.5, 0.6) is 0 Å². The van der Waals surface area contributed by atoms with Crippen LogP contribution in [-0.4, -0.2) is 0 Å². The van der Waals surface area contributed by atoms with Gasteiger partial charge in [-0.3, -0.25) is 4.79 Å². The quantitative estimate of drug-likeness (QED) is 0.510. The number of hydrogen-bond donors (Lipinski definition) is 0. The molecular formula is C19H12O. The van der Waals surface area contributed by atoms with Crippen LogP contribution in [0.2, 0.25) is 0 Å². The smallest absolute Gasteiger partial charge is 0.194 e. The van der Waals surface area contributed by atoms with Crippen molar-refractivity contribution < 1.29 is 0 Å². The molecule has 0 atom stereocenters. The SMILES string of the molecule is O=c1c(=Cc2ccccc2)c2cccc3cccc1c32. The van der Waals surface area contributed by atoms with Crippen LogP contribution in [0.15, 0.2) is 71.5 Å². The van der Waals surface area contributed by atoms with E-state index in [4.69, 9.17) is 0 Å². The molecule has 0 heterocycles. The van der Waals surface area contributed by atoms with Gasteiger partial charge in [0.05, 0.1) is 0 Å². The number of benzene rings is 3. The highest BCUT2D eigenvalue weighted by Crippen LogP contribution is 2.22. The van der Waals surface area contributed by atoms with Crippen LogP contribution >= 0.6 is 0 Å². The summed E-state index contributed by atoms with van der Waals surface area (Å²) in [5.41, 5.74) is 1.18. The maximum Gasteiger partial charge on any atom is 0.194 e. The predicted octanol–water partition coefficient (Wildman–Crippen LogP) is 3.34. The fraction of sp³-hybridized carbons (Fsp3) is 0. The minimum atomic E-state index is 0.126. The fourth-order valence-electron chi connectivity index (χ4n) is 2.88. The zero-order chi connectivity index (χ0) is 13.5. The lowest BCUT2D eigenvalue weighted by Crippen LogP contribution is -2.19. The monoisotopic (exact) mass is 256 g/mol. The normalized spacial score (nSPS) is 12.5. The van der Waals surface area contributed by atoms with Gasteiger partial charge in [-0.1, -0.05) is 66.7 Å². The molecule has 94 valence electrons. The molecule has 0 radical (unpaired) electrons. The molecule has 0 aliphatic rings. The van der Waals surface area contributed by atoms with Crippen molar-refractivity contribution in [3.63, 3.8) is 0 Å². The molecule has 1 nitrogen and oxygen atoms in total. The largest absolute Gasteiger partial charge is 0.289 e. The Morgan fingerprint density at radius 1 is 0.700 bits per heavy atom. The van der Waals surface area contributed by atoms with Crippen LogP contribution in [0.1, 0.15) is 5.56 Å². The first kappa shape index (κ1) is 11.2. The van der Waals surface area contributed by atoms with E-state index >= 15 is 0 Å². The van der Waals surface area contributed by atoms with Crippen molar-refractivity contribution in [3.05, 3.63) is 87.7 Å². The number of rotatable bonds is 1. The average Bonchev–Trinajstić information content (AvgIpc) is 2.77. The van der Waals surface area contributed by atoms with Gasteiger partial charge in [-0.05, 0) is 22.4 Å². The first-order valence-electron chi connectivity index (χ1n) is 6.68. The van der Waals surface area contributed by atoms with Gasteiger partial charge in [-0.2, -0.15) is 0 Å². The Labute approximate surface area is 116 Å². The molecule has 20 heavy (non-hydrogen) atoms. The molecule has 0 amide bonds. The Kier molecular flexibility index (Phi) is 2.33. The van der Waals surface area contributed by atoms with E-state index in [1.807, 2.05) is 60.7 Å². The van der Waals surface area contributed by atoms with Crippen molar-refractivity contribution in [2.75, 3.05) is 0 Å². The summed E-state index contributed by atoms with van der Waals surface area (Å²) in [6.45, 7) is 0. The third-order valence-corrected chi connectivity index (χ3v) is 3.79. The summed E-state index contributed by atoms with van der Waals surface area (Å²) < 4.78 is 0. The minimum absolute atomic E-state index is 0.126. The Balaban J connectivity index is 2.21. The summed E-state index contributed by atoms with van der Waals surface area (Å²) in [4.78, 5) is 12.6. The Morgan fingerprint density at radius 3 is 2.15 bits per heavy atom. The number of hydrogen-bond acceptors (Lipinski definition) is 1. The molecule has 0 saturated heterocycles. The molecule has 0 bridgehead atoms. The highest BCUT2D eigenvalue weighted by molar-refractivity contribution is 6.12. The van der Waals surface area contributed by atoms with Crippen LogP contribution in [0.25, 0.3) is 27.6 Å². The van der Waals surface area contributed by atoms with Crippen molar-refractivity contribution in [1.29, 1.82) is 0 Å². The van der Waals surface area contributed by atoms with Gasteiger partial charge in [0.1, 0.15) is 0 Å². The molecule has 1 heteroatoms. The molecule has 4 aromatic carbocycles. The van der Waals surface area contributed by atoms with Crippen molar-refractivity contribution >= 4 is 27.6 Å². The van der Waals surface area contributed by atoms with Crippen LogP contribution in [0.3, 0.4) is 0 Å². The van der Waals surface area contributed by atoms with Gasteiger partial charge in [0.25, 0.3) is 0 Å². The summed E-state index contributed by atoms with van der Waals surface area (Å²) >= 11 is 0. The minimum Gasteiger partial charge on any atom is -0.289 e. The lowest BCUT2D eigenvalue weighted by molar-refractivity contribution is 1.62. The average molecular weight is 256 g/mol. The van der Waals surface area contributed by atoms with Crippen LogP contribution < -0.4 is 10.6 Å². The highest BCUT2D eigenvalue weighted by Gasteiger charge is 2.09. The maximum atomic E-state index is 12.6.